The molecule has 2 fully saturated rings. The van der Waals surface area contributed by atoms with Crippen molar-refractivity contribution in [3.8, 4) is 0 Å². The molecule has 7 heteroatoms. The molecule has 4 aliphatic heterocycles. The molecule has 0 bridgehead atoms. The fourth-order valence-electron chi connectivity index (χ4n) is 18.4. The molecule has 4 atom stereocenters. The number of furan rings is 2. The highest BCUT2D eigenvalue weighted by Gasteiger charge is 2.60. The summed E-state index contributed by atoms with van der Waals surface area (Å²) in [5.74, 6) is 0. The van der Waals surface area contributed by atoms with Crippen LogP contribution in [0.3, 0.4) is 0 Å². The van der Waals surface area contributed by atoms with Gasteiger partial charge in [-0.2, -0.15) is 0 Å². The summed E-state index contributed by atoms with van der Waals surface area (Å²) in [4.78, 5) is 10.9. The average Bonchev–Trinajstić information content (AvgIpc) is 1.70. The number of anilines is 10. The van der Waals surface area contributed by atoms with Crippen molar-refractivity contribution in [3.63, 3.8) is 0 Å². The second-order valence-electron chi connectivity index (χ2n) is 30.1. The van der Waals surface area contributed by atoms with Crippen molar-refractivity contribution in [2.45, 2.75) is 167 Å². The van der Waals surface area contributed by atoms with Crippen molar-refractivity contribution in [1.29, 1.82) is 0 Å². The van der Waals surface area contributed by atoms with Crippen LogP contribution in [0.25, 0.3) is 43.9 Å². The molecule has 3 unspecified atom stereocenters. The molecular formula is C80H79BN4O2. The first-order chi connectivity index (χ1) is 41.7. The lowest BCUT2D eigenvalue weighted by atomic mass is 9.33. The second kappa shape index (κ2) is 17.8. The van der Waals surface area contributed by atoms with Crippen LogP contribution in [0.5, 0.6) is 0 Å². The normalized spacial score (nSPS) is 22.9. The van der Waals surface area contributed by atoms with E-state index in [1.165, 1.54) is 127 Å². The van der Waals surface area contributed by atoms with E-state index in [2.05, 4.69) is 266 Å². The maximum atomic E-state index is 7.26. The smallest absolute Gasteiger partial charge is 0.252 e. The Balaban J connectivity index is 1.01. The van der Waals surface area contributed by atoms with Gasteiger partial charge in [-0.25, -0.2) is 0 Å². The standard InChI is InChI=1S/C80H79BN4O2/c1-48-40-49(2)72-66(41-48)84(80(12)39-20-18-37-78(72,80)10)53-31-34-61-65(44-53)83(63-25-21-24-58-56-23-14-16-27-70(56)87-74(58)63)68-46-54(85-62-35-29-50(75(3,4)5)42-59(62)77(9)36-17-19-38-79(77,85)11)45-67-73(68)81(61)60-33-28-51(76(6,7)8)43-64(60)82(67)52-30-32-57-55-22-13-15-26-69(55)86-71(57)47-52/h13-16,21-35,40-47H,17-20,36-39H2,1-12H3/t77?,78?,79?,80-/m1/s1. The summed E-state index contributed by atoms with van der Waals surface area (Å²) in [5, 5.41) is 4.50. The number of hydrogen-bond acceptors (Lipinski definition) is 6. The summed E-state index contributed by atoms with van der Waals surface area (Å²) in [7, 11) is 0. The predicted octanol–water partition coefficient (Wildman–Crippen LogP) is 20.3. The van der Waals surface area contributed by atoms with Gasteiger partial charge >= 0.3 is 0 Å². The van der Waals surface area contributed by atoms with E-state index in [-0.39, 0.29) is 39.5 Å². The van der Waals surface area contributed by atoms with Crippen LogP contribution in [-0.4, -0.2) is 17.8 Å². The van der Waals surface area contributed by atoms with Gasteiger partial charge in [0.25, 0.3) is 6.71 Å². The molecule has 434 valence electrons. The van der Waals surface area contributed by atoms with Crippen LogP contribution < -0.4 is 36.0 Å². The number of rotatable bonds is 4. The number of hydrogen-bond donors (Lipinski definition) is 0. The summed E-state index contributed by atoms with van der Waals surface area (Å²) >= 11 is 0. The molecule has 0 saturated heterocycles. The Kier molecular flexibility index (Phi) is 10.8. The van der Waals surface area contributed by atoms with Crippen LogP contribution in [0.4, 0.5) is 56.9 Å². The van der Waals surface area contributed by atoms with Crippen LogP contribution in [0, 0.1) is 13.8 Å². The Morgan fingerprint density at radius 2 is 0.977 bits per heavy atom. The Labute approximate surface area is 513 Å². The van der Waals surface area contributed by atoms with Crippen LogP contribution >= 0.6 is 0 Å². The fourth-order valence-corrected chi connectivity index (χ4v) is 18.4. The van der Waals surface area contributed by atoms with Crippen molar-refractivity contribution in [2.75, 3.05) is 19.6 Å². The van der Waals surface area contributed by atoms with Crippen molar-refractivity contribution in [2.24, 2.45) is 0 Å². The van der Waals surface area contributed by atoms with E-state index >= 15 is 0 Å². The van der Waals surface area contributed by atoms with Crippen molar-refractivity contribution in [3.05, 3.63) is 197 Å². The number of aryl methyl sites for hydroxylation is 2. The van der Waals surface area contributed by atoms with Crippen LogP contribution in [0.15, 0.2) is 173 Å². The van der Waals surface area contributed by atoms with Gasteiger partial charge in [0, 0.05) is 89.6 Å². The fraction of sp³-hybridized carbons (Fsp3) is 0.325. The van der Waals surface area contributed by atoms with Crippen LogP contribution in [0.2, 0.25) is 0 Å². The van der Waals surface area contributed by atoms with Gasteiger partial charge < -0.3 is 28.4 Å². The Morgan fingerprint density at radius 1 is 0.414 bits per heavy atom. The molecular weight excluding hydrogens is 1060 g/mol. The lowest BCUT2D eigenvalue weighted by molar-refractivity contribution is 0.194. The van der Waals surface area contributed by atoms with Gasteiger partial charge in [-0.15, -0.1) is 0 Å². The number of benzene rings is 9. The van der Waals surface area contributed by atoms with Gasteiger partial charge in [-0.3, -0.25) is 0 Å². The largest absolute Gasteiger partial charge is 0.456 e. The molecule has 9 aromatic carbocycles. The highest BCUT2D eigenvalue weighted by molar-refractivity contribution is 7.00. The third kappa shape index (κ3) is 7.06. The first kappa shape index (κ1) is 53.1. The molecule has 6 nitrogen and oxygen atoms in total. The summed E-state index contributed by atoms with van der Waals surface area (Å²) < 4.78 is 14.1. The zero-order chi connectivity index (χ0) is 59.6. The van der Waals surface area contributed by atoms with Crippen molar-refractivity contribution >= 4 is 124 Å². The van der Waals surface area contributed by atoms with E-state index in [0.717, 1.165) is 74.5 Å². The maximum Gasteiger partial charge on any atom is 0.252 e. The molecule has 6 aliphatic rings. The van der Waals surface area contributed by atoms with Gasteiger partial charge in [0.2, 0.25) is 0 Å². The lowest BCUT2D eigenvalue weighted by Crippen LogP contribution is -2.61. The molecule has 2 aliphatic carbocycles. The minimum atomic E-state index is -0.223. The molecule has 2 aromatic heterocycles. The highest BCUT2D eigenvalue weighted by Crippen LogP contribution is 2.65. The zero-order valence-electron chi connectivity index (χ0n) is 52.9. The van der Waals surface area contributed by atoms with E-state index in [9.17, 15) is 0 Å². The predicted molar refractivity (Wildman–Crippen MR) is 368 cm³/mol. The SMILES string of the molecule is Cc1cc(C)c2c(c1)N(c1ccc3c(c1)N(c1cccc4c1oc1ccccc14)c1cc(N4c5ccc(C(C)(C)C)cc5C5(C)CCCCC45C)cc4c1B3c1ccc(C(C)(C)C)cc1N4c1ccc3c(c1)oc1ccccc13)[C@]1(C)CCCCC21C. The molecule has 2 saturated carbocycles. The van der Waals surface area contributed by atoms with Gasteiger partial charge in [-0.05, 0) is 187 Å². The topological polar surface area (TPSA) is 39.2 Å². The highest BCUT2D eigenvalue weighted by atomic mass is 16.3. The van der Waals surface area contributed by atoms with E-state index in [1.54, 1.807) is 0 Å². The van der Waals surface area contributed by atoms with Crippen LogP contribution in [-0.2, 0) is 21.7 Å². The van der Waals surface area contributed by atoms with E-state index in [4.69, 9.17) is 8.83 Å². The number of para-hydroxylation sites is 3. The molecule has 17 rings (SSSR count). The summed E-state index contributed by atoms with van der Waals surface area (Å²) in [6.45, 7) is 29.1. The van der Waals surface area contributed by atoms with Gasteiger partial charge in [0.05, 0.1) is 16.8 Å². The lowest BCUT2D eigenvalue weighted by Gasteiger charge is -2.51. The van der Waals surface area contributed by atoms with Crippen LogP contribution in [0.1, 0.15) is 154 Å². The molecule has 11 aromatic rings. The van der Waals surface area contributed by atoms with Crippen molar-refractivity contribution in [1.82, 2.24) is 0 Å². The molecule has 87 heavy (non-hydrogen) atoms. The summed E-state index contributed by atoms with van der Waals surface area (Å²) in [6, 6.07) is 63.6. The molecule has 0 radical (unpaired) electrons. The first-order valence-corrected chi connectivity index (χ1v) is 32.4. The zero-order valence-corrected chi connectivity index (χ0v) is 52.9. The summed E-state index contributed by atoms with van der Waals surface area (Å²) in [5.41, 5.74) is 27.3. The Bertz CT molecular complexity index is 4780. The Morgan fingerprint density at radius 3 is 1.71 bits per heavy atom. The minimum Gasteiger partial charge on any atom is -0.456 e. The molecule has 6 heterocycles. The van der Waals surface area contributed by atoms with E-state index in [0.29, 0.717) is 0 Å². The van der Waals surface area contributed by atoms with E-state index in [1.807, 2.05) is 0 Å². The molecule has 0 N–H and O–H groups in total. The van der Waals surface area contributed by atoms with E-state index < -0.39 is 0 Å². The second-order valence-corrected chi connectivity index (χ2v) is 30.1. The maximum absolute atomic E-state index is 7.26. The van der Waals surface area contributed by atoms with Gasteiger partial charge in [0.15, 0.2) is 5.58 Å². The third-order valence-corrected chi connectivity index (χ3v) is 23.2. The number of fused-ring (bicyclic) bond motifs is 16. The first-order valence-electron chi connectivity index (χ1n) is 32.4. The molecule has 0 amide bonds. The minimum absolute atomic E-state index is 0.00187. The Hall–Kier alpha value is -8.16. The quantitative estimate of drug-likeness (QED) is 0.164. The van der Waals surface area contributed by atoms with Gasteiger partial charge in [0.1, 0.15) is 16.7 Å². The monoisotopic (exact) mass is 1140 g/mol. The van der Waals surface area contributed by atoms with Crippen molar-refractivity contribution < 1.29 is 8.83 Å². The summed E-state index contributed by atoms with van der Waals surface area (Å²) in [6.07, 6.45) is 9.38. The number of nitrogens with zero attached hydrogens (tertiary/aromatic N) is 4. The molecule has 0 spiro atoms. The average molecular weight is 1140 g/mol. The van der Waals surface area contributed by atoms with Gasteiger partial charge in [-0.1, -0.05) is 166 Å². The third-order valence-electron chi connectivity index (χ3n) is 23.2.